The summed E-state index contributed by atoms with van der Waals surface area (Å²) in [5.41, 5.74) is 6.22. The largest absolute Gasteiger partial charge is 0.399 e. The molecule has 5 nitrogen and oxygen atoms in total. The van der Waals surface area contributed by atoms with Crippen molar-refractivity contribution in [1.29, 1.82) is 0 Å². The number of nitrogen functional groups attached to an aromatic ring is 1. The molecule has 0 fully saturated rings. The van der Waals surface area contributed by atoms with Gasteiger partial charge in [0.1, 0.15) is 4.90 Å². The van der Waals surface area contributed by atoms with Gasteiger partial charge in [0.25, 0.3) is 10.1 Å². The number of benzene rings is 1. The van der Waals surface area contributed by atoms with Crippen LogP contribution in [0.3, 0.4) is 0 Å². The molecule has 0 saturated carbocycles. The van der Waals surface area contributed by atoms with Crippen LogP contribution in [0.15, 0.2) is 23.1 Å². The molecule has 0 spiro atoms. The van der Waals surface area contributed by atoms with Gasteiger partial charge in [0.05, 0.1) is 0 Å². The van der Waals surface area contributed by atoms with Gasteiger partial charge >= 0.3 is 0 Å². The highest BCUT2D eigenvalue weighted by Crippen LogP contribution is 2.18. The third kappa shape index (κ3) is 2.44. The van der Waals surface area contributed by atoms with Crippen LogP contribution in [0.2, 0.25) is 0 Å². The van der Waals surface area contributed by atoms with Crippen molar-refractivity contribution >= 4 is 15.8 Å². The van der Waals surface area contributed by atoms with Crippen LogP contribution in [0, 0.1) is 0 Å². The van der Waals surface area contributed by atoms with Gasteiger partial charge in [-0.15, -0.1) is 0 Å². The first-order valence-corrected chi connectivity index (χ1v) is 5.39. The molecule has 0 aliphatic heterocycles. The predicted octanol–water partition coefficient (Wildman–Crippen LogP) is 0.235. The molecule has 1 aromatic rings. The molecule has 6 heteroatoms. The number of hydrogen-bond donors (Lipinski definition) is 3. The molecule has 0 aliphatic carbocycles. The molecular weight excluding hydrogens is 204 g/mol. The van der Waals surface area contributed by atoms with Crippen molar-refractivity contribution in [1.82, 2.24) is 5.32 Å². The van der Waals surface area contributed by atoms with Gasteiger partial charge in [0.15, 0.2) is 0 Å². The van der Waals surface area contributed by atoms with Crippen molar-refractivity contribution < 1.29 is 13.0 Å². The number of nitrogens with one attached hydrogen (secondary N) is 1. The summed E-state index contributed by atoms with van der Waals surface area (Å²) in [6.45, 7) is 0.357. The maximum absolute atomic E-state index is 11.0. The molecule has 14 heavy (non-hydrogen) atoms. The zero-order chi connectivity index (χ0) is 10.8. The molecule has 0 radical (unpaired) electrons. The number of hydrogen-bond acceptors (Lipinski definition) is 4. The van der Waals surface area contributed by atoms with Crippen LogP contribution in [0.4, 0.5) is 5.69 Å². The van der Waals surface area contributed by atoms with Gasteiger partial charge in [0.2, 0.25) is 0 Å². The lowest BCUT2D eigenvalue weighted by Gasteiger charge is -2.06. The summed E-state index contributed by atoms with van der Waals surface area (Å²) >= 11 is 0. The Morgan fingerprint density at radius 3 is 2.64 bits per heavy atom. The van der Waals surface area contributed by atoms with E-state index < -0.39 is 10.1 Å². The van der Waals surface area contributed by atoms with E-state index in [1.54, 1.807) is 19.2 Å². The van der Waals surface area contributed by atoms with Crippen LogP contribution < -0.4 is 11.1 Å². The van der Waals surface area contributed by atoms with Crippen LogP contribution in [0.1, 0.15) is 5.56 Å². The van der Waals surface area contributed by atoms with Crippen LogP contribution >= 0.6 is 0 Å². The average Bonchev–Trinajstić information content (AvgIpc) is 2.07. The lowest BCUT2D eigenvalue weighted by molar-refractivity contribution is 0.481. The third-order valence-electron chi connectivity index (χ3n) is 1.74. The van der Waals surface area contributed by atoms with Crippen molar-refractivity contribution in [2.75, 3.05) is 12.8 Å². The highest BCUT2D eigenvalue weighted by atomic mass is 32.2. The highest BCUT2D eigenvalue weighted by Gasteiger charge is 2.14. The number of anilines is 1. The van der Waals surface area contributed by atoms with E-state index in [-0.39, 0.29) is 4.90 Å². The van der Waals surface area contributed by atoms with Crippen LogP contribution in [-0.2, 0) is 16.7 Å². The lowest BCUT2D eigenvalue weighted by atomic mass is 10.2. The minimum Gasteiger partial charge on any atom is -0.399 e. The van der Waals surface area contributed by atoms with Crippen LogP contribution in [0.5, 0.6) is 0 Å². The molecule has 1 rings (SSSR count). The SMILES string of the molecule is CNCc1ccc(N)cc1S(=O)(=O)O. The fraction of sp³-hybridized carbons (Fsp3) is 0.250. The fourth-order valence-electron chi connectivity index (χ4n) is 1.15. The van der Waals surface area contributed by atoms with Gasteiger partial charge in [-0.25, -0.2) is 0 Å². The Morgan fingerprint density at radius 1 is 1.50 bits per heavy atom. The van der Waals surface area contributed by atoms with Crippen molar-refractivity contribution in [3.63, 3.8) is 0 Å². The second-order valence-corrected chi connectivity index (χ2v) is 4.26. The zero-order valence-corrected chi connectivity index (χ0v) is 8.50. The maximum atomic E-state index is 11.0. The summed E-state index contributed by atoms with van der Waals surface area (Å²) < 4.78 is 30.8. The van der Waals surface area contributed by atoms with E-state index in [4.69, 9.17) is 10.3 Å². The Balaban J connectivity index is 3.30. The molecular formula is C8H12N2O3S. The van der Waals surface area contributed by atoms with E-state index in [2.05, 4.69) is 5.32 Å². The summed E-state index contributed by atoms with van der Waals surface area (Å²) in [6.07, 6.45) is 0. The molecule has 78 valence electrons. The van der Waals surface area contributed by atoms with Gasteiger partial charge in [-0.05, 0) is 24.7 Å². The van der Waals surface area contributed by atoms with Gasteiger partial charge < -0.3 is 11.1 Å². The molecule has 0 unspecified atom stereocenters. The Labute approximate surface area is 82.7 Å². The quantitative estimate of drug-likeness (QED) is 0.497. The average molecular weight is 216 g/mol. The summed E-state index contributed by atoms with van der Waals surface area (Å²) in [5, 5.41) is 2.80. The Hall–Kier alpha value is -1.11. The second kappa shape index (κ2) is 3.95. The topological polar surface area (TPSA) is 92.4 Å². The van der Waals surface area contributed by atoms with Gasteiger partial charge in [0, 0.05) is 12.2 Å². The standard InChI is InChI=1S/C8H12N2O3S/c1-10-5-6-2-3-7(9)4-8(6)14(11,12)13/h2-4,10H,5,9H2,1H3,(H,11,12,13). The van der Waals surface area contributed by atoms with Gasteiger partial charge in [-0.2, -0.15) is 8.42 Å². The molecule has 0 aromatic heterocycles. The monoisotopic (exact) mass is 216 g/mol. The molecule has 4 N–H and O–H groups in total. The number of nitrogens with two attached hydrogens (primary N) is 1. The van der Waals surface area contributed by atoms with E-state index in [1.165, 1.54) is 6.07 Å². The first-order chi connectivity index (χ1) is 6.45. The molecule has 0 atom stereocenters. The minimum atomic E-state index is -4.20. The first kappa shape index (κ1) is 11.0. The minimum absolute atomic E-state index is 0.146. The number of rotatable bonds is 3. The zero-order valence-electron chi connectivity index (χ0n) is 7.69. The molecule has 0 heterocycles. The van der Waals surface area contributed by atoms with Gasteiger partial charge in [-0.3, -0.25) is 4.55 Å². The molecule has 0 aliphatic rings. The summed E-state index contributed by atoms with van der Waals surface area (Å²) in [5.74, 6) is 0. The molecule has 0 saturated heterocycles. The maximum Gasteiger partial charge on any atom is 0.294 e. The Morgan fingerprint density at radius 2 is 2.14 bits per heavy atom. The molecule has 0 bridgehead atoms. The normalized spacial score (nSPS) is 11.6. The van der Waals surface area contributed by atoms with E-state index in [0.29, 0.717) is 17.8 Å². The van der Waals surface area contributed by atoms with Gasteiger partial charge in [-0.1, -0.05) is 6.07 Å². The van der Waals surface area contributed by atoms with E-state index in [9.17, 15) is 8.42 Å². The highest BCUT2D eigenvalue weighted by molar-refractivity contribution is 7.85. The van der Waals surface area contributed by atoms with E-state index in [0.717, 1.165) is 0 Å². The Bertz CT molecular complexity index is 428. The summed E-state index contributed by atoms with van der Waals surface area (Å²) in [6, 6.07) is 4.39. The van der Waals surface area contributed by atoms with Crippen LogP contribution in [0.25, 0.3) is 0 Å². The first-order valence-electron chi connectivity index (χ1n) is 3.95. The van der Waals surface area contributed by atoms with Crippen molar-refractivity contribution in [3.05, 3.63) is 23.8 Å². The van der Waals surface area contributed by atoms with Crippen molar-refractivity contribution in [3.8, 4) is 0 Å². The van der Waals surface area contributed by atoms with E-state index >= 15 is 0 Å². The molecule has 1 aromatic carbocycles. The fourth-order valence-corrected chi connectivity index (χ4v) is 1.90. The summed E-state index contributed by atoms with van der Waals surface area (Å²) in [7, 11) is -2.51. The van der Waals surface area contributed by atoms with Crippen molar-refractivity contribution in [2.24, 2.45) is 0 Å². The summed E-state index contributed by atoms with van der Waals surface area (Å²) in [4.78, 5) is -0.146. The molecule has 0 amide bonds. The van der Waals surface area contributed by atoms with Crippen LogP contribution in [-0.4, -0.2) is 20.0 Å². The predicted molar refractivity (Wildman–Crippen MR) is 53.4 cm³/mol. The lowest BCUT2D eigenvalue weighted by Crippen LogP contribution is -2.11. The van der Waals surface area contributed by atoms with E-state index in [1.807, 2.05) is 0 Å². The Kier molecular flexibility index (Phi) is 3.10. The van der Waals surface area contributed by atoms with Crippen molar-refractivity contribution in [2.45, 2.75) is 11.4 Å². The second-order valence-electron chi connectivity index (χ2n) is 2.87. The third-order valence-corrected chi connectivity index (χ3v) is 2.67. The smallest absolute Gasteiger partial charge is 0.294 e.